The van der Waals surface area contributed by atoms with E-state index in [1.807, 2.05) is 12.1 Å². The maximum atomic E-state index is 13.3. The van der Waals surface area contributed by atoms with Crippen LogP contribution >= 0.6 is 23.4 Å². The third-order valence-corrected chi connectivity index (χ3v) is 6.75. The normalized spacial score (nSPS) is 14.4. The predicted molar refractivity (Wildman–Crippen MR) is 126 cm³/mol. The van der Waals surface area contributed by atoms with Crippen LogP contribution < -0.4 is 10.9 Å². The van der Waals surface area contributed by atoms with Crippen molar-refractivity contribution in [1.82, 2.24) is 9.55 Å². The summed E-state index contributed by atoms with van der Waals surface area (Å²) >= 11 is 7.26. The second kappa shape index (κ2) is 9.70. The Bertz CT molecular complexity index is 1240. The largest absolute Gasteiger partial charge is 0.324 e. The number of amides is 1. The SMILES string of the molecule is O=C(CSc1nc2ccccc2c(=O)n1C1CCCCC1)Nc1ccc([N+](=O)[O-])cc1Cl. The first-order valence-electron chi connectivity index (χ1n) is 10.3. The van der Waals surface area contributed by atoms with E-state index >= 15 is 0 Å². The lowest BCUT2D eigenvalue weighted by Gasteiger charge is -2.26. The van der Waals surface area contributed by atoms with E-state index in [-0.39, 0.29) is 34.0 Å². The van der Waals surface area contributed by atoms with Crippen LogP contribution in [0.3, 0.4) is 0 Å². The number of nitro groups is 1. The van der Waals surface area contributed by atoms with E-state index in [4.69, 9.17) is 11.6 Å². The first-order valence-corrected chi connectivity index (χ1v) is 11.7. The molecule has 1 fully saturated rings. The van der Waals surface area contributed by atoms with E-state index in [9.17, 15) is 19.7 Å². The van der Waals surface area contributed by atoms with Gasteiger partial charge >= 0.3 is 0 Å². The number of nitro benzene ring substituents is 1. The summed E-state index contributed by atoms with van der Waals surface area (Å²) in [6.45, 7) is 0. The second-order valence-electron chi connectivity index (χ2n) is 7.64. The van der Waals surface area contributed by atoms with E-state index in [1.165, 1.54) is 30.0 Å². The van der Waals surface area contributed by atoms with E-state index in [0.717, 1.165) is 32.1 Å². The maximum Gasteiger partial charge on any atom is 0.271 e. The summed E-state index contributed by atoms with van der Waals surface area (Å²) in [7, 11) is 0. The second-order valence-corrected chi connectivity index (χ2v) is 8.99. The van der Waals surface area contributed by atoms with Gasteiger partial charge in [-0.05, 0) is 31.0 Å². The van der Waals surface area contributed by atoms with E-state index in [2.05, 4.69) is 10.3 Å². The van der Waals surface area contributed by atoms with Gasteiger partial charge in [-0.2, -0.15) is 0 Å². The lowest BCUT2D eigenvalue weighted by molar-refractivity contribution is -0.384. The number of aromatic nitrogens is 2. The van der Waals surface area contributed by atoms with Crippen LogP contribution in [0.2, 0.25) is 5.02 Å². The number of hydrogen-bond acceptors (Lipinski definition) is 6. The van der Waals surface area contributed by atoms with Gasteiger partial charge in [0, 0.05) is 18.2 Å². The number of carbonyl (C=O) groups excluding carboxylic acids is 1. The molecule has 10 heteroatoms. The van der Waals surface area contributed by atoms with Gasteiger partial charge in [-0.1, -0.05) is 54.8 Å². The van der Waals surface area contributed by atoms with Crippen LogP contribution in [-0.4, -0.2) is 26.1 Å². The van der Waals surface area contributed by atoms with E-state index < -0.39 is 4.92 Å². The van der Waals surface area contributed by atoms with Gasteiger partial charge < -0.3 is 5.32 Å². The Labute approximate surface area is 193 Å². The minimum atomic E-state index is -0.552. The maximum absolute atomic E-state index is 13.3. The van der Waals surface area contributed by atoms with E-state index in [0.29, 0.717) is 21.7 Å². The molecule has 2 aromatic carbocycles. The van der Waals surface area contributed by atoms with Gasteiger partial charge in [0.15, 0.2) is 5.16 Å². The van der Waals surface area contributed by atoms with Gasteiger partial charge in [-0.15, -0.1) is 0 Å². The number of benzene rings is 2. The number of halogens is 1. The molecule has 32 heavy (non-hydrogen) atoms. The number of non-ortho nitro benzene ring substituents is 1. The van der Waals surface area contributed by atoms with Crippen LogP contribution in [0.5, 0.6) is 0 Å². The van der Waals surface area contributed by atoms with E-state index in [1.54, 1.807) is 16.7 Å². The van der Waals surface area contributed by atoms with Crippen LogP contribution in [0.15, 0.2) is 52.4 Å². The van der Waals surface area contributed by atoms with Gasteiger partial charge in [-0.25, -0.2) is 4.98 Å². The molecular weight excluding hydrogens is 452 g/mol. The Hall–Kier alpha value is -2.91. The molecule has 1 N–H and O–H groups in total. The highest BCUT2D eigenvalue weighted by atomic mass is 35.5. The summed E-state index contributed by atoms with van der Waals surface area (Å²) in [5.74, 6) is -0.325. The molecule has 0 radical (unpaired) electrons. The molecule has 1 aliphatic rings. The predicted octanol–water partition coefficient (Wildman–Crippen LogP) is 5.19. The Morgan fingerprint density at radius 3 is 2.69 bits per heavy atom. The van der Waals surface area contributed by atoms with Gasteiger partial charge in [-0.3, -0.25) is 24.3 Å². The molecule has 1 heterocycles. The third kappa shape index (κ3) is 4.78. The number of carbonyl (C=O) groups is 1. The highest BCUT2D eigenvalue weighted by molar-refractivity contribution is 7.99. The molecule has 1 aliphatic carbocycles. The smallest absolute Gasteiger partial charge is 0.271 e. The van der Waals surface area contributed by atoms with Gasteiger partial charge in [0.2, 0.25) is 5.91 Å². The number of nitrogens with one attached hydrogen (secondary N) is 1. The Balaban J connectivity index is 1.56. The lowest BCUT2D eigenvalue weighted by Crippen LogP contribution is -2.29. The van der Waals surface area contributed by atoms with Crippen LogP contribution in [0.1, 0.15) is 38.1 Å². The van der Waals surface area contributed by atoms with Crippen LogP contribution in [0.4, 0.5) is 11.4 Å². The summed E-state index contributed by atoms with van der Waals surface area (Å²) in [5, 5.41) is 14.7. The number of rotatable bonds is 6. The fraction of sp³-hybridized carbons (Fsp3) is 0.318. The summed E-state index contributed by atoms with van der Waals surface area (Å²) in [4.78, 5) is 40.8. The summed E-state index contributed by atoms with van der Waals surface area (Å²) in [5.41, 5.74) is 0.660. The average molecular weight is 473 g/mol. The van der Waals surface area contributed by atoms with Crippen molar-refractivity contribution in [3.8, 4) is 0 Å². The minimum absolute atomic E-state index is 0.0187. The monoisotopic (exact) mass is 472 g/mol. The standard InChI is InChI=1S/C22H21ClN4O4S/c23-17-12-15(27(30)31)10-11-19(17)24-20(28)13-32-22-25-18-9-5-4-8-16(18)21(29)26(22)14-6-2-1-3-7-14/h4-5,8-12,14H,1-3,6-7,13H2,(H,24,28). The number of hydrogen-bond donors (Lipinski definition) is 1. The number of fused-ring (bicyclic) bond motifs is 1. The molecule has 8 nitrogen and oxygen atoms in total. The van der Waals surface area contributed by atoms with Crippen LogP contribution in [0, 0.1) is 10.1 Å². The number of para-hydroxylation sites is 1. The number of nitrogens with zero attached hydrogens (tertiary/aromatic N) is 3. The molecule has 166 valence electrons. The zero-order valence-electron chi connectivity index (χ0n) is 17.1. The van der Waals surface area contributed by atoms with Crippen molar-refractivity contribution in [1.29, 1.82) is 0 Å². The zero-order valence-corrected chi connectivity index (χ0v) is 18.7. The first kappa shape index (κ1) is 22.3. The highest BCUT2D eigenvalue weighted by Gasteiger charge is 2.22. The third-order valence-electron chi connectivity index (χ3n) is 5.49. The Morgan fingerprint density at radius 2 is 1.97 bits per heavy atom. The molecule has 0 aliphatic heterocycles. The fourth-order valence-electron chi connectivity index (χ4n) is 3.92. The molecule has 4 rings (SSSR count). The Kier molecular flexibility index (Phi) is 6.76. The molecule has 0 saturated heterocycles. The van der Waals surface area contributed by atoms with Crippen molar-refractivity contribution in [3.63, 3.8) is 0 Å². The minimum Gasteiger partial charge on any atom is -0.324 e. The van der Waals surface area contributed by atoms with Crippen LogP contribution in [0.25, 0.3) is 10.9 Å². The van der Waals surface area contributed by atoms with Crippen molar-refractivity contribution >= 4 is 51.5 Å². The highest BCUT2D eigenvalue weighted by Crippen LogP contribution is 2.31. The molecule has 1 amide bonds. The van der Waals surface area contributed by atoms with Crippen molar-refractivity contribution in [3.05, 3.63) is 68.0 Å². The van der Waals surface area contributed by atoms with Gasteiger partial charge in [0.25, 0.3) is 11.2 Å². The van der Waals surface area contributed by atoms with Crippen molar-refractivity contribution in [2.45, 2.75) is 43.3 Å². The molecular formula is C22H21ClN4O4S. The molecule has 0 atom stereocenters. The average Bonchev–Trinajstić information content (AvgIpc) is 2.79. The summed E-state index contributed by atoms with van der Waals surface area (Å²) in [6, 6.07) is 11.2. The quantitative estimate of drug-likeness (QED) is 0.229. The zero-order chi connectivity index (χ0) is 22.7. The number of thioether (sulfide) groups is 1. The summed E-state index contributed by atoms with van der Waals surface area (Å²) < 4.78 is 1.75. The topological polar surface area (TPSA) is 107 Å². The van der Waals surface area contributed by atoms with Gasteiger partial charge in [0.05, 0.1) is 32.3 Å². The number of anilines is 1. The molecule has 0 spiro atoms. The first-order chi connectivity index (χ1) is 15.4. The molecule has 0 unspecified atom stereocenters. The van der Waals surface area contributed by atoms with Crippen molar-refractivity contribution in [2.75, 3.05) is 11.1 Å². The molecule has 0 bridgehead atoms. The van der Waals surface area contributed by atoms with Crippen LogP contribution in [-0.2, 0) is 4.79 Å². The van der Waals surface area contributed by atoms with Crippen molar-refractivity contribution in [2.24, 2.45) is 0 Å². The molecule has 1 saturated carbocycles. The van der Waals surface area contributed by atoms with Gasteiger partial charge in [0.1, 0.15) is 0 Å². The molecule has 3 aromatic rings. The Morgan fingerprint density at radius 1 is 1.22 bits per heavy atom. The molecule has 1 aromatic heterocycles. The summed E-state index contributed by atoms with van der Waals surface area (Å²) in [6.07, 6.45) is 5.11. The van der Waals surface area contributed by atoms with Crippen molar-refractivity contribution < 1.29 is 9.72 Å². The fourth-order valence-corrected chi connectivity index (χ4v) is 5.01. The lowest BCUT2D eigenvalue weighted by atomic mass is 9.95.